The molecule has 1 aromatic rings. The molecule has 2 unspecified atom stereocenters. The molecular formula is C31H42ClF3N2O5. The summed E-state index contributed by atoms with van der Waals surface area (Å²) in [4.78, 5) is 29.2. The number of nitrogens with zero attached hydrogens (tertiary/aromatic N) is 2. The normalized spacial score (nSPS) is 30.3. The van der Waals surface area contributed by atoms with Crippen molar-refractivity contribution < 1.29 is 37.3 Å². The molecule has 5 rings (SSSR count). The van der Waals surface area contributed by atoms with Gasteiger partial charge in [0.05, 0.1) is 23.7 Å². The summed E-state index contributed by atoms with van der Waals surface area (Å²) >= 11 is 6.11. The molecule has 4 aliphatic rings. The van der Waals surface area contributed by atoms with Crippen molar-refractivity contribution in [3.05, 3.63) is 28.3 Å². The van der Waals surface area contributed by atoms with E-state index in [0.29, 0.717) is 24.9 Å². The maximum absolute atomic E-state index is 14.0. The van der Waals surface area contributed by atoms with E-state index < -0.39 is 23.3 Å². The van der Waals surface area contributed by atoms with Crippen LogP contribution in [-0.2, 0) is 27.0 Å². The Labute approximate surface area is 250 Å². The highest BCUT2D eigenvalue weighted by atomic mass is 35.5. The monoisotopic (exact) mass is 614 g/mol. The summed E-state index contributed by atoms with van der Waals surface area (Å²) in [5.74, 6) is 0.384. The van der Waals surface area contributed by atoms with Gasteiger partial charge < -0.3 is 19.5 Å². The quantitative estimate of drug-likeness (QED) is 0.389. The van der Waals surface area contributed by atoms with Crippen molar-refractivity contribution >= 4 is 23.5 Å². The van der Waals surface area contributed by atoms with Crippen LogP contribution in [0.4, 0.5) is 13.2 Å². The number of rotatable bonds is 6. The van der Waals surface area contributed by atoms with E-state index in [2.05, 4.69) is 18.7 Å². The van der Waals surface area contributed by atoms with Crippen molar-refractivity contribution in [3.8, 4) is 5.75 Å². The van der Waals surface area contributed by atoms with Crippen molar-refractivity contribution in [1.29, 1.82) is 0 Å². The molecule has 2 saturated heterocycles. The van der Waals surface area contributed by atoms with Gasteiger partial charge in [-0.05, 0) is 93.7 Å². The SMILES string of the molecule is C[C@@H]1CCC([C@@H](C)CC(=O)O)CCCN(C2CC[C@@](C(=O)N3COc4c(Cl)cc(C(F)(F)F)cc4C3)(C3CC3)OC2)C1. The Balaban J connectivity index is 1.24. The Hall–Kier alpha value is -2.04. The van der Waals surface area contributed by atoms with Crippen molar-refractivity contribution in [2.75, 3.05) is 26.4 Å². The first-order valence-corrected chi connectivity index (χ1v) is 15.7. The number of halogens is 4. The van der Waals surface area contributed by atoms with Crippen LogP contribution in [-0.4, -0.2) is 64.9 Å². The number of fused-ring (bicyclic) bond motifs is 1. The lowest BCUT2D eigenvalue weighted by molar-refractivity contribution is -0.180. The first kappa shape index (κ1) is 31.4. The van der Waals surface area contributed by atoms with Crippen molar-refractivity contribution in [3.63, 3.8) is 0 Å². The number of carbonyl (C=O) groups excluding carboxylic acids is 1. The van der Waals surface area contributed by atoms with Gasteiger partial charge in [-0.3, -0.25) is 14.5 Å². The zero-order chi connectivity index (χ0) is 30.2. The van der Waals surface area contributed by atoms with Gasteiger partial charge in [0, 0.05) is 24.6 Å². The first-order chi connectivity index (χ1) is 19.9. The number of benzene rings is 1. The fourth-order valence-corrected chi connectivity index (χ4v) is 7.59. The summed E-state index contributed by atoms with van der Waals surface area (Å²) in [7, 11) is 0. The molecule has 1 aromatic carbocycles. The summed E-state index contributed by atoms with van der Waals surface area (Å²) in [6, 6.07) is 2.06. The van der Waals surface area contributed by atoms with E-state index in [-0.39, 0.29) is 59.8 Å². The lowest BCUT2D eigenvalue weighted by Crippen LogP contribution is -2.58. The van der Waals surface area contributed by atoms with E-state index in [9.17, 15) is 27.9 Å². The van der Waals surface area contributed by atoms with E-state index in [1.807, 2.05) is 0 Å². The van der Waals surface area contributed by atoms with Gasteiger partial charge in [0.1, 0.15) is 11.4 Å². The third-order valence-electron chi connectivity index (χ3n) is 9.86. The van der Waals surface area contributed by atoms with Crippen LogP contribution in [0.2, 0.25) is 5.02 Å². The zero-order valence-electron chi connectivity index (χ0n) is 24.4. The van der Waals surface area contributed by atoms with Gasteiger partial charge in [-0.15, -0.1) is 0 Å². The van der Waals surface area contributed by atoms with Gasteiger partial charge >= 0.3 is 12.1 Å². The summed E-state index contributed by atoms with van der Waals surface area (Å²) in [6.07, 6.45) is 2.91. The van der Waals surface area contributed by atoms with Crippen molar-refractivity contribution in [2.45, 2.75) is 96.0 Å². The first-order valence-electron chi connectivity index (χ1n) is 15.3. The highest BCUT2D eigenvalue weighted by molar-refractivity contribution is 6.32. The molecule has 7 nitrogen and oxygen atoms in total. The van der Waals surface area contributed by atoms with Crippen LogP contribution >= 0.6 is 11.6 Å². The zero-order valence-corrected chi connectivity index (χ0v) is 25.2. The molecule has 234 valence electrons. The molecule has 3 heterocycles. The fraction of sp³-hybridized carbons (Fsp3) is 0.742. The minimum Gasteiger partial charge on any atom is -0.481 e. The van der Waals surface area contributed by atoms with Crippen LogP contribution in [0, 0.1) is 23.7 Å². The van der Waals surface area contributed by atoms with E-state index in [0.717, 1.165) is 70.2 Å². The van der Waals surface area contributed by atoms with Gasteiger partial charge in [0.2, 0.25) is 0 Å². The Morgan fingerprint density at radius 3 is 2.57 bits per heavy atom. The molecule has 42 heavy (non-hydrogen) atoms. The van der Waals surface area contributed by atoms with Crippen LogP contribution in [0.15, 0.2) is 12.1 Å². The van der Waals surface area contributed by atoms with E-state index in [1.165, 1.54) is 4.90 Å². The molecule has 11 heteroatoms. The summed E-state index contributed by atoms with van der Waals surface area (Å²) < 4.78 is 52.5. The van der Waals surface area contributed by atoms with Crippen LogP contribution < -0.4 is 4.74 Å². The molecular weight excluding hydrogens is 573 g/mol. The number of carboxylic acids is 1. The molecule has 0 aromatic heterocycles. The lowest BCUT2D eigenvalue weighted by Gasteiger charge is -2.45. The molecule has 3 aliphatic heterocycles. The van der Waals surface area contributed by atoms with Crippen molar-refractivity contribution in [1.82, 2.24) is 9.80 Å². The minimum absolute atomic E-state index is 0.00975. The fourth-order valence-electron chi connectivity index (χ4n) is 7.29. The third kappa shape index (κ3) is 6.86. The molecule has 1 N–H and O–H groups in total. The van der Waals surface area contributed by atoms with Gasteiger partial charge in [0.15, 0.2) is 6.73 Å². The average molecular weight is 615 g/mol. The van der Waals surface area contributed by atoms with Crippen LogP contribution in [0.1, 0.15) is 82.8 Å². The molecule has 1 saturated carbocycles. The van der Waals surface area contributed by atoms with Crippen molar-refractivity contribution in [2.24, 2.45) is 23.7 Å². The Morgan fingerprint density at radius 1 is 1.17 bits per heavy atom. The number of carbonyl (C=O) groups is 2. The second-order valence-corrected chi connectivity index (χ2v) is 13.4. The highest BCUT2D eigenvalue weighted by Crippen LogP contribution is 2.49. The summed E-state index contributed by atoms with van der Waals surface area (Å²) in [6.45, 7) is 6.51. The smallest absolute Gasteiger partial charge is 0.416 e. The standard InChI is InChI=1S/C31H42ClF3N2O5/c1-19-5-6-21(20(2)12-27(38)39)4-3-11-36(15-19)25-9-10-30(42-17-25,23-7-8-23)29(40)37-16-22-13-24(31(33,34)35)14-26(32)28(22)41-18-37/h13-14,19-21,23,25H,3-12,15-18H2,1-2H3,(H,38,39)/t19-,20+,21?,25?,30+/m1/s1. The number of amides is 1. The Bertz CT molecular complexity index is 1150. The predicted molar refractivity (Wildman–Crippen MR) is 151 cm³/mol. The summed E-state index contributed by atoms with van der Waals surface area (Å²) in [5.41, 5.74) is -1.60. The molecule has 0 radical (unpaired) electrons. The number of aliphatic carboxylic acids is 1. The second kappa shape index (κ2) is 12.5. The molecule has 3 fully saturated rings. The minimum atomic E-state index is -4.55. The van der Waals surface area contributed by atoms with Gasteiger partial charge in [-0.2, -0.15) is 13.2 Å². The Kier molecular flexibility index (Phi) is 9.36. The van der Waals surface area contributed by atoms with Crippen LogP contribution in [0.25, 0.3) is 0 Å². The van der Waals surface area contributed by atoms with E-state index in [1.54, 1.807) is 0 Å². The van der Waals surface area contributed by atoms with Gasteiger partial charge in [0.25, 0.3) is 5.91 Å². The number of hydrogen-bond acceptors (Lipinski definition) is 5. The largest absolute Gasteiger partial charge is 0.481 e. The highest BCUT2D eigenvalue weighted by Gasteiger charge is 2.56. The number of carboxylic acid groups (broad SMARTS) is 1. The van der Waals surface area contributed by atoms with E-state index in [4.69, 9.17) is 21.1 Å². The summed E-state index contributed by atoms with van der Waals surface area (Å²) in [5, 5.41) is 9.15. The molecule has 1 aliphatic carbocycles. The van der Waals surface area contributed by atoms with Crippen LogP contribution in [0.3, 0.4) is 0 Å². The number of hydrogen-bond donors (Lipinski definition) is 1. The second-order valence-electron chi connectivity index (χ2n) is 13.0. The maximum Gasteiger partial charge on any atom is 0.416 e. The van der Waals surface area contributed by atoms with Crippen LogP contribution in [0.5, 0.6) is 5.75 Å². The average Bonchev–Trinajstić information content (AvgIpc) is 3.78. The van der Waals surface area contributed by atoms with Gasteiger partial charge in [-0.1, -0.05) is 25.4 Å². The van der Waals surface area contributed by atoms with Gasteiger partial charge in [-0.25, -0.2) is 0 Å². The third-order valence-corrected chi connectivity index (χ3v) is 10.1. The Morgan fingerprint density at radius 2 is 1.93 bits per heavy atom. The molecule has 0 bridgehead atoms. The number of ether oxygens (including phenoxy) is 2. The molecule has 1 amide bonds. The molecule has 0 spiro atoms. The topological polar surface area (TPSA) is 79.3 Å². The molecule has 5 atom stereocenters. The maximum atomic E-state index is 14.0. The lowest BCUT2D eigenvalue weighted by atomic mass is 9.83. The number of alkyl halides is 3. The predicted octanol–water partition coefficient (Wildman–Crippen LogP) is 6.60. The van der Waals surface area contributed by atoms with E-state index >= 15 is 0 Å².